The van der Waals surface area contributed by atoms with Gasteiger partial charge in [-0.15, -0.1) is 0 Å². The number of fused-ring (bicyclic) bond motifs is 1. The van der Waals surface area contributed by atoms with Gasteiger partial charge in [0.2, 0.25) is 0 Å². The molecule has 1 aliphatic rings. The SMILES string of the molecule is CCOC(=O)c1ccc2c(c1)NC(=O)C2=C(Nc1ccc(Br)cc1)c1ccccc1. The zero-order valence-electron chi connectivity index (χ0n) is 16.2. The monoisotopic (exact) mass is 462 g/mol. The molecule has 3 aromatic rings. The van der Waals surface area contributed by atoms with Crippen molar-refractivity contribution in [1.82, 2.24) is 0 Å². The summed E-state index contributed by atoms with van der Waals surface area (Å²) in [6.07, 6.45) is 0. The van der Waals surface area contributed by atoms with E-state index in [-0.39, 0.29) is 5.91 Å². The second-order valence-corrected chi connectivity index (χ2v) is 7.60. The van der Waals surface area contributed by atoms with Crippen LogP contribution in [0.25, 0.3) is 11.3 Å². The molecular formula is C24H19BrN2O3. The molecule has 0 bridgehead atoms. The molecule has 1 amide bonds. The fourth-order valence-electron chi connectivity index (χ4n) is 3.32. The first-order valence-corrected chi connectivity index (χ1v) is 10.3. The highest BCUT2D eigenvalue weighted by Crippen LogP contribution is 2.38. The van der Waals surface area contributed by atoms with Crippen molar-refractivity contribution in [3.05, 3.63) is 94.0 Å². The van der Waals surface area contributed by atoms with Crippen molar-refractivity contribution in [3.8, 4) is 0 Å². The number of hydrogen-bond donors (Lipinski definition) is 2. The van der Waals surface area contributed by atoms with E-state index in [9.17, 15) is 9.59 Å². The van der Waals surface area contributed by atoms with Gasteiger partial charge < -0.3 is 15.4 Å². The molecule has 0 saturated heterocycles. The van der Waals surface area contributed by atoms with Crippen molar-refractivity contribution in [3.63, 3.8) is 0 Å². The number of halogens is 1. The second-order valence-electron chi connectivity index (χ2n) is 6.68. The third-order valence-electron chi connectivity index (χ3n) is 4.70. The van der Waals surface area contributed by atoms with Gasteiger partial charge in [0.15, 0.2) is 0 Å². The minimum absolute atomic E-state index is 0.227. The normalized spacial score (nSPS) is 14.0. The molecule has 150 valence electrons. The van der Waals surface area contributed by atoms with Crippen LogP contribution in [0.15, 0.2) is 77.3 Å². The number of rotatable bonds is 5. The van der Waals surface area contributed by atoms with Crippen molar-refractivity contribution in [2.24, 2.45) is 0 Å². The molecule has 0 unspecified atom stereocenters. The molecule has 1 aliphatic heterocycles. The topological polar surface area (TPSA) is 67.4 Å². The molecule has 1 heterocycles. The van der Waals surface area contributed by atoms with E-state index in [1.165, 1.54) is 0 Å². The van der Waals surface area contributed by atoms with Gasteiger partial charge in [-0.25, -0.2) is 4.79 Å². The highest BCUT2D eigenvalue weighted by atomic mass is 79.9. The van der Waals surface area contributed by atoms with Crippen LogP contribution in [0.2, 0.25) is 0 Å². The summed E-state index contributed by atoms with van der Waals surface area (Å²) in [6.45, 7) is 2.05. The predicted molar refractivity (Wildman–Crippen MR) is 122 cm³/mol. The summed E-state index contributed by atoms with van der Waals surface area (Å²) in [5.74, 6) is -0.641. The second kappa shape index (κ2) is 8.55. The summed E-state index contributed by atoms with van der Waals surface area (Å²) in [5.41, 5.74) is 4.68. The first-order valence-electron chi connectivity index (χ1n) is 9.52. The highest BCUT2D eigenvalue weighted by Gasteiger charge is 2.29. The van der Waals surface area contributed by atoms with Crippen molar-refractivity contribution < 1.29 is 14.3 Å². The summed E-state index contributed by atoms with van der Waals surface area (Å²) in [7, 11) is 0. The van der Waals surface area contributed by atoms with Gasteiger partial charge in [-0.1, -0.05) is 52.3 Å². The van der Waals surface area contributed by atoms with Gasteiger partial charge in [0.25, 0.3) is 5.91 Å². The lowest BCUT2D eigenvalue weighted by Gasteiger charge is -2.15. The molecule has 3 aromatic carbocycles. The molecule has 5 nitrogen and oxygen atoms in total. The Labute approximate surface area is 182 Å². The molecule has 0 aromatic heterocycles. The van der Waals surface area contributed by atoms with Crippen LogP contribution in [-0.4, -0.2) is 18.5 Å². The molecule has 0 spiro atoms. The Morgan fingerprint density at radius 1 is 1.00 bits per heavy atom. The quantitative estimate of drug-likeness (QED) is 0.384. The van der Waals surface area contributed by atoms with Gasteiger partial charge in [-0.05, 0) is 48.9 Å². The van der Waals surface area contributed by atoms with E-state index in [0.717, 1.165) is 21.3 Å². The summed E-state index contributed by atoms with van der Waals surface area (Å²) >= 11 is 3.44. The van der Waals surface area contributed by atoms with Gasteiger partial charge >= 0.3 is 5.97 Å². The van der Waals surface area contributed by atoms with Crippen LogP contribution in [0, 0.1) is 0 Å². The number of amides is 1. The molecule has 2 N–H and O–H groups in total. The molecule has 6 heteroatoms. The number of benzene rings is 3. The number of hydrogen-bond acceptors (Lipinski definition) is 4. The van der Waals surface area contributed by atoms with Crippen LogP contribution >= 0.6 is 15.9 Å². The lowest BCUT2D eigenvalue weighted by atomic mass is 9.99. The van der Waals surface area contributed by atoms with Crippen LogP contribution in [0.1, 0.15) is 28.4 Å². The van der Waals surface area contributed by atoms with Crippen LogP contribution in [0.4, 0.5) is 11.4 Å². The minimum Gasteiger partial charge on any atom is -0.462 e. The third kappa shape index (κ3) is 4.00. The van der Waals surface area contributed by atoms with E-state index in [0.29, 0.717) is 29.1 Å². The molecule has 4 rings (SSSR count). The van der Waals surface area contributed by atoms with E-state index in [2.05, 4.69) is 26.6 Å². The zero-order valence-corrected chi connectivity index (χ0v) is 17.8. The van der Waals surface area contributed by atoms with E-state index in [4.69, 9.17) is 4.74 Å². The molecule has 0 atom stereocenters. The smallest absolute Gasteiger partial charge is 0.338 e. The predicted octanol–water partition coefficient (Wildman–Crippen LogP) is 5.56. The third-order valence-corrected chi connectivity index (χ3v) is 5.23. The Morgan fingerprint density at radius 3 is 2.43 bits per heavy atom. The van der Waals surface area contributed by atoms with Crippen molar-refractivity contribution in [2.75, 3.05) is 17.2 Å². The lowest BCUT2D eigenvalue weighted by Crippen LogP contribution is -2.10. The molecule has 0 saturated carbocycles. The lowest BCUT2D eigenvalue weighted by molar-refractivity contribution is -0.110. The Balaban J connectivity index is 1.83. The maximum atomic E-state index is 13.0. The largest absolute Gasteiger partial charge is 0.462 e. The van der Waals surface area contributed by atoms with Crippen LogP contribution < -0.4 is 10.6 Å². The maximum absolute atomic E-state index is 13.0. The Hall–Kier alpha value is -3.38. The summed E-state index contributed by atoms with van der Waals surface area (Å²) in [5, 5.41) is 6.28. The van der Waals surface area contributed by atoms with Crippen LogP contribution in [-0.2, 0) is 9.53 Å². The Kier molecular flexibility index (Phi) is 5.68. The van der Waals surface area contributed by atoms with Gasteiger partial charge in [0.05, 0.1) is 29.1 Å². The summed E-state index contributed by atoms with van der Waals surface area (Å²) in [6, 6.07) is 22.5. The van der Waals surface area contributed by atoms with Gasteiger partial charge in [0, 0.05) is 15.7 Å². The standard InChI is InChI=1S/C24H19BrN2O3/c1-2-30-24(29)16-8-13-19-20(14-16)27-23(28)21(19)22(15-6-4-3-5-7-15)26-18-11-9-17(25)10-12-18/h3-14,26H,2H2,1H3,(H,27,28). The van der Waals surface area contributed by atoms with Gasteiger partial charge in [-0.3, -0.25) is 4.79 Å². The summed E-state index contributed by atoms with van der Waals surface area (Å²) < 4.78 is 6.04. The fourth-order valence-corrected chi connectivity index (χ4v) is 3.59. The van der Waals surface area contributed by atoms with Gasteiger partial charge in [-0.2, -0.15) is 0 Å². The minimum atomic E-state index is -0.414. The number of anilines is 2. The van der Waals surface area contributed by atoms with E-state index < -0.39 is 5.97 Å². The number of carbonyl (C=O) groups is 2. The molecule has 0 radical (unpaired) electrons. The Morgan fingerprint density at radius 2 is 1.73 bits per heavy atom. The molecule has 0 fully saturated rings. The van der Waals surface area contributed by atoms with Crippen molar-refractivity contribution in [2.45, 2.75) is 6.92 Å². The zero-order chi connectivity index (χ0) is 21.1. The van der Waals surface area contributed by atoms with E-state index in [1.54, 1.807) is 25.1 Å². The average Bonchev–Trinajstić information content (AvgIpc) is 3.09. The fraction of sp³-hybridized carbons (Fsp3) is 0.0833. The molecule has 30 heavy (non-hydrogen) atoms. The Bertz CT molecular complexity index is 1140. The number of esters is 1. The van der Waals surface area contributed by atoms with Gasteiger partial charge in [0.1, 0.15) is 0 Å². The van der Waals surface area contributed by atoms with Crippen LogP contribution in [0.3, 0.4) is 0 Å². The van der Waals surface area contributed by atoms with E-state index >= 15 is 0 Å². The summed E-state index contributed by atoms with van der Waals surface area (Å²) in [4.78, 5) is 25.0. The molecule has 0 aliphatic carbocycles. The first kappa shape index (κ1) is 19.9. The average molecular weight is 463 g/mol. The van der Waals surface area contributed by atoms with Crippen LogP contribution in [0.5, 0.6) is 0 Å². The van der Waals surface area contributed by atoms with Crippen molar-refractivity contribution >= 4 is 50.5 Å². The number of ether oxygens (including phenoxy) is 1. The highest BCUT2D eigenvalue weighted by molar-refractivity contribution is 9.10. The number of carbonyl (C=O) groups excluding carboxylic acids is 2. The van der Waals surface area contributed by atoms with Crippen molar-refractivity contribution in [1.29, 1.82) is 0 Å². The molecular weight excluding hydrogens is 444 g/mol. The maximum Gasteiger partial charge on any atom is 0.338 e. The van der Waals surface area contributed by atoms with E-state index in [1.807, 2.05) is 54.6 Å². The first-order chi connectivity index (χ1) is 14.6. The number of nitrogens with one attached hydrogen (secondary N) is 2.